The molecule has 0 N–H and O–H groups in total. The molecule has 122 valence electrons. The number of rotatable bonds is 5. The minimum absolute atomic E-state index is 0.0581. The van der Waals surface area contributed by atoms with Gasteiger partial charge in [0.25, 0.3) is 0 Å². The van der Waals surface area contributed by atoms with Crippen molar-refractivity contribution in [3.63, 3.8) is 0 Å². The zero-order valence-electron chi connectivity index (χ0n) is 13.5. The van der Waals surface area contributed by atoms with Crippen molar-refractivity contribution in [3.05, 3.63) is 40.4 Å². The molecule has 0 amide bonds. The Hall–Kier alpha value is -2.83. The van der Waals surface area contributed by atoms with Crippen LogP contribution in [0.25, 0.3) is 11.1 Å². The number of aromatic nitrogens is 1. The van der Waals surface area contributed by atoms with Gasteiger partial charge in [0.2, 0.25) is 5.75 Å². The van der Waals surface area contributed by atoms with Crippen molar-refractivity contribution >= 4 is 11.7 Å². The van der Waals surface area contributed by atoms with Gasteiger partial charge in [0, 0.05) is 25.3 Å². The van der Waals surface area contributed by atoms with E-state index in [1.54, 1.807) is 19.1 Å². The number of carbonyl (C=O) groups is 1. The predicted octanol–water partition coefficient (Wildman–Crippen LogP) is 1.95. The summed E-state index contributed by atoms with van der Waals surface area (Å²) < 4.78 is 14.8. The Morgan fingerprint density at radius 3 is 2.61 bits per heavy atom. The zero-order chi connectivity index (χ0) is 17.0. The number of ether oxygens (including phenoxy) is 2. The van der Waals surface area contributed by atoms with E-state index in [1.807, 2.05) is 31.1 Å². The predicted molar refractivity (Wildman–Crippen MR) is 85.0 cm³/mol. The maximum atomic E-state index is 12.0. The third-order valence-electron chi connectivity index (χ3n) is 3.19. The van der Waals surface area contributed by atoms with E-state index in [9.17, 15) is 9.59 Å². The van der Waals surface area contributed by atoms with Crippen LogP contribution in [0.4, 0.5) is 5.69 Å². The lowest BCUT2D eigenvalue weighted by molar-refractivity contribution is 0.0583. The maximum absolute atomic E-state index is 12.0. The number of hydrogen-bond donors (Lipinski definition) is 0. The highest BCUT2D eigenvalue weighted by Gasteiger charge is 2.26. The summed E-state index contributed by atoms with van der Waals surface area (Å²) in [5, 5.41) is 3.61. The van der Waals surface area contributed by atoms with Crippen molar-refractivity contribution in [2.75, 3.05) is 32.7 Å². The van der Waals surface area contributed by atoms with Gasteiger partial charge in [-0.25, -0.2) is 9.59 Å². The molecule has 2 rings (SSSR count). The monoisotopic (exact) mass is 318 g/mol. The van der Waals surface area contributed by atoms with E-state index in [-0.39, 0.29) is 23.6 Å². The van der Waals surface area contributed by atoms with Crippen molar-refractivity contribution in [2.24, 2.45) is 0 Å². The average molecular weight is 318 g/mol. The second-order valence-electron chi connectivity index (χ2n) is 4.86. The molecule has 0 saturated heterocycles. The van der Waals surface area contributed by atoms with Crippen molar-refractivity contribution in [2.45, 2.75) is 6.92 Å². The molecule has 0 unspecified atom stereocenters. The zero-order valence-corrected chi connectivity index (χ0v) is 13.5. The molecule has 0 aliphatic rings. The number of benzene rings is 1. The van der Waals surface area contributed by atoms with Gasteiger partial charge in [-0.05, 0) is 13.0 Å². The van der Waals surface area contributed by atoms with Gasteiger partial charge < -0.3 is 18.9 Å². The van der Waals surface area contributed by atoms with Crippen LogP contribution in [0.15, 0.2) is 33.6 Å². The van der Waals surface area contributed by atoms with E-state index in [0.29, 0.717) is 5.56 Å². The minimum atomic E-state index is -0.747. The molecule has 1 aromatic heterocycles. The van der Waals surface area contributed by atoms with E-state index >= 15 is 0 Å². The molecule has 7 nitrogen and oxygen atoms in total. The number of methoxy groups -OCH3 is 1. The molecule has 0 radical (unpaired) electrons. The van der Waals surface area contributed by atoms with Crippen molar-refractivity contribution in [1.29, 1.82) is 0 Å². The van der Waals surface area contributed by atoms with Crippen LogP contribution in [0, 0.1) is 0 Å². The van der Waals surface area contributed by atoms with Crippen molar-refractivity contribution in [1.82, 2.24) is 5.16 Å². The molecular weight excluding hydrogens is 300 g/mol. The quantitative estimate of drug-likeness (QED) is 0.779. The Labute approximate surface area is 133 Å². The van der Waals surface area contributed by atoms with Gasteiger partial charge in [-0.1, -0.05) is 23.4 Å². The van der Waals surface area contributed by atoms with Crippen molar-refractivity contribution in [3.8, 4) is 16.9 Å². The maximum Gasteiger partial charge on any atom is 0.400 e. The SMILES string of the molecule is CCOc1c(-c2ccccc2N(C)C)c(C(=O)OC)noc1=O. The number of anilines is 1. The molecule has 23 heavy (non-hydrogen) atoms. The molecule has 0 aliphatic carbocycles. The number of carbonyl (C=O) groups excluding carboxylic acids is 1. The summed E-state index contributed by atoms with van der Waals surface area (Å²) in [6, 6.07) is 7.30. The fourth-order valence-corrected chi connectivity index (χ4v) is 2.22. The Bertz CT molecular complexity index is 767. The van der Waals surface area contributed by atoms with E-state index < -0.39 is 11.6 Å². The number of nitrogens with zero attached hydrogens (tertiary/aromatic N) is 2. The van der Waals surface area contributed by atoms with Crippen LogP contribution in [0.2, 0.25) is 0 Å². The van der Waals surface area contributed by atoms with Gasteiger partial charge in [0.15, 0.2) is 5.69 Å². The molecule has 0 fully saturated rings. The first kappa shape index (κ1) is 16.5. The Kier molecular flexibility index (Phi) is 5.00. The van der Waals surface area contributed by atoms with Crippen LogP contribution in [0.3, 0.4) is 0 Å². The highest BCUT2D eigenvalue weighted by molar-refractivity contribution is 5.99. The second kappa shape index (κ2) is 6.95. The van der Waals surface area contributed by atoms with Crippen LogP contribution in [0.5, 0.6) is 5.75 Å². The first-order valence-corrected chi connectivity index (χ1v) is 7.03. The van der Waals surface area contributed by atoms with Crippen molar-refractivity contribution < 1.29 is 18.8 Å². The number of hydrogen-bond acceptors (Lipinski definition) is 7. The van der Waals surface area contributed by atoms with Crippen LogP contribution >= 0.6 is 0 Å². The normalized spacial score (nSPS) is 10.3. The van der Waals surface area contributed by atoms with Crippen LogP contribution in [-0.2, 0) is 4.74 Å². The van der Waals surface area contributed by atoms with Gasteiger partial charge in [0.1, 0.15) is 0 Å². The summed E-state index contributed by atoms with van der Waals surface area (Å²) in [4.78, 5) is 25.9. The molecule has 0 aliphatic heterocycles. The van der Waals surface area contributed by atoms with Crippen LogP contribution < -0.4 is 15.3 Å². The molecule has 1 heterocycles. The Morgan fingerprint density at radius 1 is 1.30 bits per heavy atom. The van der Waals surface area contributed by atoms with Crippen LogP contribution in [0.1, 0.15) is 17.4 Å². The van der Waals surface area contributed by atoms with Gasteiger partial charge in [0.05, 0.1) is 19.3 Å². The fourth-order valence-electron chi connectivity index (χ4n) is 2.22. The lowest BCUT2D eigenvalue weighted by atomic mass is 10.0. The molecule has 1 aromatic carbocycles. The standard InChI is InChI=1S/C16H18N2O5/c1-5-22-14-12(10-8-6-7-9-11(10)18(2)3)13(15(19)21-4)17-23-16(14)20/h6-9H,5H2,1-4H3. The first-order chi connectivity index (χ1) is 11.0. The molecule has 0 saturated carbocycles. The largest absolute Gasteiger partial charge is 0.486 e. The molecular formula is C16H18N2O5. The molecule has 7 heteroatoms. The fraction of sp³-hybridized carbons (Fsp3) is 0.312. The van der Waals surface area contributed by atoms with Crippen LogP contribution in [-0.4, -0.2) is 38.9 Å². The topological polar surface area (TPSA) is 81.9 Å². The van der Waals surface area contributed by atoms with Gasteiger partial charge in [-0.2, -0.15) is 0 Å². The minimum Gasteiger partial charge on any atom is -0.486 e. The first-order valence-electron chi connectivity index (χ1n) is 7.03. The molecule has 0 atom stereocenters. The molecule has 0 bridgehead atoms. The highest BCUT2D eigenvalue weighted by atomic mass is 16.5. The van der Waals surface area contributed by atoms with Gasteiger partial charge in [-0.3, -0.25) is 0 Å². The molecule has 2 aromatic rings. The summed E-state index contributed by atoms with van der Waals surface area (Å²) in [6.45, 7) is 1.98. The summed E-state index contributed by atoms with van der Waals surface area (Å²) >= 11 is 0. The highest BCUT2D eigenvalue weighted by Crippen LogP contribution is 2.36. The average Bonchev–Trinajstić information content (AvgIpc) is 2.56. The third kappa shape index (κ3) is 3.18. The van der Waals surface area contributed by atoms with Gasteiger partial charge in [-0.15, -0.1) is 0 Å². The summed E-state index contributed by atoms with van der Waals surface area (Å²) in [5.74, 6) is -0.768. The number of para-hydroxylation sites is 1. The Balaban J connectivity index is 2.85. The lowest BCUT2D eigenvalue weighted by Crippen LogP contribution is -2.17. The Morgan fingerprint density at radius 2 is 2.00 bits per heavy atom. The van der Waals surface area contributed by atoms with E-state index in [0.717, 1.165) is 5.69 Å². The lowest BCUT2D eigenvalue weighted by Gasteiger charge is -2.19. The van der Waals surface area contributed by atoms with E-state index in [4.69, 9.17) is 9.47 Å². The summed E-state index contributed by atoms with van der Waals surface area (Å²) in [6.07, 6.45) is 0. The summed E-state index contributed by atoms with van der Waals surface area (Å²) in [5.41, 5.74) is 0.833. The summed E-state index contributed by atoms with van der Waals surface area (Å²) in [7, 11) is 4.95. The smallest absolute Gasteiger partial charge is 0.400 e. The number of esters is 1. The third-order valence-corrected chi connectivity index (χ3v) is 3.19. The van der Waals surface area contributed by atoms with E-state index in [1.165, 1.54) is 7.11 Å². The van der Waals surface area contributed by atoms with E-state index in [2.05, 4.69) is 9.68 Å². The molecule has 0 spiro atoms. The second-order valence-corrected chi connectivity index (χ2v) is 4.86. The van der Waals surface area contributed by atoms with Gasteiger partial charge >= 0.3 is 11.6 Å².